The number of carbonyl (C=O) groups excluding carboxylic acids is 1. The van der Waals surface area contributed by atoms with Crippen molar-refractivity contribution in [3.63, 3.8) is 0 Å². The van der Waals surface area contributed by atoms with Gasteiger partial charge in [-0.25, -0.2) is 4.79 Å². The minimum atomic E-state index is -1.06. The van der Waals surface area contributed by atoms with Gasteiger partial charge in [0, 0.05) is 18.1 Å². The first-order valence-electron chi connectivity index (χ1n) is 7.94. The molecule has 2 atom stereocenters. The third-order valence-corrected chi connectivity index (χ3v) is 3.47. The Hall–Kier alpha value is -2.18. The summed E-state index contributed by atoms with van der Waals surface area (Å²) >= 11 is 0. The Morgan fingerprint density at radius 3 is 2.67 bits per heavy atom. The average Bonchev–Trinajstić information content (AvgIpc) is 2.51. The van der Waals surface area contributed by atoms with E-state index < -0.39 is 23.9 Å². The Morgan fingerprint density at radius 1 is 1.25 bits per heavy atom. The first kappa shape index (κ1) is 18.2. The van der Waals surface area contributed by atoms with Crippen LogP contribution in [0.5, 0.6) is 0 Å². The molecular formula is C18H24N2O4. The Labute approximate surface area is 141 Å². The predicted octanol–water partition coefficient (Wildman–Crippen LogP) is 2.54. The number of hydrogen-bond acceptors (Lipinski definition) is 5. The number of aromatic nitrogens is 1. The zero-order valence-corrected chi connectivity index (χ0v) is 14.2. The number of rotatable bonds is 5. The molecule has 1 heterocycles. The number of alkyl carbamates (subject to hydrolysis) is 1. The van der Waals surface area contributed by atoms with Crippen molar-refractivity contribution >= 4 is 17.0 Å². The van der Waals surface area contributed by atoms with E-state index in [1.54, 1.807) is 33.0 Å². The molecule has 0 radical (unpaired) electrons. The first-order valence-corrected chi connectivity index (χ1v) is 7.94. The molecule has 0 fully saturated rings. The summed E-state index contributed by atoms with van der Waals surface area (Å²) in [5, 5.41) is 24.0. The molecule has 2 aromatic rings. The fourth-order valence-electron chi connectivity index (χ4n) is 2.38. The number of nitrogens with one attached hydrogen (secondary N) is 1. The summed E-state index contributed by atoms with van der Waals surface area (Å²) in [5.74, 6) is 0. The van der Waals surface area contributed by atoms with E-state index in [1.807, 2.05) is 24.3 Å². The van der Waals surface area contributed by atoms with Gasteiger partial charge >= 0.3 is 6.09 Å². The van der Waals surface area contributed by atoms with Gasteiger partial charge in [-0.05, 0) is 44.9 Å². The van der Waals surface area contributed by atoms with Gasteiger partial charge in [0.1, 0.15) is 11.7 Å². The van der Waals surface area contributed by atoms with Gasteiger partial charge in [0.05, 0.1) is 11.6 Å². The number of ether oxygens (including phenoxy) is 1. The fraction of sp³-hybridized carbons (Fsp3) is 0.444. The fourth-order valence-corrected chi connectivity index (χ4v) is 2.38. The number of fused-ring (bicyclic) bond motifs is 1. The molecule has 2 rings (SSSR count). The molecule has 130 valence electrons. The van der Waals surface area contributed by atoms with Crippen molar-refractivity contribution in [2.24, 2.45) is 0 Å². The molecular weight excluding hydrogens is 308 g/mol. The van der Waals surface area contributed by atoms with Crippen molar-refractivity contribution in [1.82, 2.24) is 10.3 Å². The van der Waals surface area contributed by atoms with E-state index in [1.165, 1.54) is 0 Å². The summed E-state index contributed by atoms with van der Waals surface area (Å²) in [5.41, 5.74) is 0.802. The van der Waals surface area contributed by atoms with E-state index in [9.17, 15) is 15.0 Å². The van der Waals surface area contributed by atoms with Crippen LogP contribution in [0.15, 0.2) is 36.5 Å². The molecule has 0 spiro atoms. The molecule has 3 N–H and O–H groups in total. The van der Waals surface area contributed by atoms with Crippen LogP contribution in [0, 0.1) is 0 Å². The molecule has 0 saturated carbocycles. The first-order chi connectivity index (χ1) is 11.3. The lowest BCUT2D eigenvalue weighted by Gasteiger charge is -2.21. The summed E-state index contributed by atoms with van der Waals surface area (Å²) < 4.78 is 5.12. The minimum Gasteiger partial charge on any atom is -0.444 e. The molecule has 6 heteroatoms. The standard InChI is InChI=1S/C18H24N2O4/c1-18(2,3)24-17(23)20-11-9-15(21)16(22)13-8-10-19-14-7-5-4-6-12(13)14/h4-8,10,15-16,21-22H,9,11H2,1-3H3,(H,20,23). The van der Waals surface area contributed by atoms with E-state index in [0.29, 0.717) is 5.56 Å². The van der Waals surface area contributed by atoms with Crippen LogP contribution in [0.25, 0.3) is 10.9 Å². The number of pyridine rings is 1. The molecule has 1 amide bonds. The number of para-hydroxylation sites is 1. The molecule has 6 nitrogen and oxygen atoms in total. The number of benzene rings is 1. The summed E-state index contributed by atoms with van der Waals surface area (Å²) in [6, 6.07) is 9.12. The molecule has 1 aromatic heterocycles. The number of aliphatic hydroxyl groups excluding tert-OH is 2. The monoisotopic (exact) mass is 332 g/mol. The highest BCUT2D eigenvalue weighted by Gasteiger charge is 2.21. The smallest absolute Gasteiger partial charge is 0.407 e. The van der Waals surface area contributed by atoms with Gasteiger partial charge in [0.25, 0.3) is 0 Å². The minimum absolute atomic E-state index is 0.205. The summed E-state index contributed by atoms with van der Waals surface area (Å²) in [6.45, 7) is 5.54. The topological polar surface area (TPSA) is 91.7 Å². The van der Waals surface area contributed by atoms with Crippen LogP contribution in [-0.2, 0) is 4.74 Å². The maximum Gasteiger partial charge on any atom is 0.407 e. The van der Waals surface area contributed by atoms with E-state index in [-0.39, 0.29) is 13.0 Å². The number of nitrogens with zero attached hydrogens (tertiary/aromatic N) is 1. The summed E-state index contributed by atoms with van der Waals surface area (Å²) in [6.07, 6.45) is -0.800. The molecule has 0 aliphatic carbocycles. The van der Waals surface area contributed by atoms with E-state index in [4.69, 9.17) is 4.74 Å². The van der Waals surface area contributed by atoms with Gasteiger partial charge in [-0.15, -0.1) is 0 Å². The third-order valence-electron chi connectivity index (χ3n) is 3.47. The Morgan fingerprint density at radius 2 is 1.96 bits per heavy atom. The average molecular weight is 332 g/mol. The highest BCUT2D eigenvalue weighted by atomic mass is 16.6. The highest BCUT2D eigenvalue weighted by Crippen LogP contribution is 2.25. The number of aliphatic hydroxyl groups is 2. The van der Waals surface area contributed by atoms with Gasteiger partial charge in [0.15, 0.2) is 0 Å². The molecule has 1 aromatic carbocycles. The van der Waals surface area contributed by atoms with Gasteiger partial charge in [-0.3, -0.25) is 4.98 Å². The van der Waals surface area contributed by atoms with Crippen molar-refractivity contribution in [3.8, 4) is 0 Å². The number of amides is 1. The zero-order valence-electron chi connectivity index (χ0n) is 14.2. The Kier molecular flexibility index (Phi) is 5.75. The van der Waals surface area contributed by atoms with Crippen LogP contribution in [-0.4, -0.2) is 39.5 Å². The van der Waals surface area contributed by atoms with Crippen LogP contribution in [0.3, 0.4) is 0 Å². The molecule has 0 saturated heterocycles. The third kappa shape index (κ3) is 4.91. The van der Waals surface area contributed by atoms with Crippen LogP contribution in [0.1, 0.15) is 38.9 Å². The molecule has 0 aliphatic heterocycles. The lowest BCUT2D eigenvalue weighted by Crippen LogP contribution is -2.34. The zero-order chi connectivity index (χ0) is 17.7. The van der Waals surface area contributed by atoms with Crippen molar-refractivity contribution in [2.45, 2.75) is 45.0 Å². The van der Waals surface area contributed by atoms with Crippen LogP contribution >= 0.6 is 0 Å². The Balaban J connectivity index is 1.94. The highest BCUT2D eigenvalue weighted by molar-refractivity contribution is 5.82. The van der Waals surface area contributed by atoms with E-state index >= 15 is 0 Å². The van der Waals surface area contributed by atoms with Crippen LogP contribution in [0.4, 0.5) is 4.79 Å². The number of carbonyl (C=O) groups is 1. The largest absolute Gasteiger partial charge is 0.444 e. The SMILES string of the molecule is CC(C)(C)OC(=O)NCCC(O)C(O)c1ccnc2ccccc12. The molecule has 0 aliphatic rings. The molecule has 0 bridgehead atoms. The van der Waals surface area contributed by atoms with Gasteiger partial charge in [0.2, 0.25) is 0 Å². The van der Waals surface area contributed by atoms with Crippen molar-refractivity contribution < 1.29 is 19.7 Å². The second-order valence-electron chi connectivity index (χ2n) is 6.65. The normalized spacial score (nSPS) is 14.2. The maximum absolute atomic E-state index is 11.6. The Bertz CT molecular complexity index is 691. The van der Waals surface area contributed by atoms with Crippen molar-refractivity contribution in [2.75, 3.05) is 6.54 Å². The predicted molar refractivity (Wildman–Crippen MR) is 91.6 cm³/mol. The van der Waals surface area contributed by atoms with Gasteiger partial charge < -0.3 is 20.3 Å². The van der Waals surface area contributed by atoms with Crippen molar-refractivity contribution in [1.29, 1.82) is 0 Å². The van der Waals surface area contributed by atoms with Crippen LogP contribution < -0.4 is 5.32 Å². The van der Waals surface area contributed by atoms with E-state index in [2.05, 4.69) is 10.3 Å². The second-order valence-corrected chi connectivity index (χ2v) is 6.65. The van der Waals surface area contributed by atoms with Crippen LogP contribution in [0.2, 0.25) is 0 Å². The lowest BCUT2D eigenvalue weighted by molar-refractivity contribution is 0.0131. The lowest BCUT2D eigenvalue weighted by atomic mass is 9.98. The van der Waals surface area contributed by atoms with Gasteiger partial charge in [-0.2, -0.15) is 0 Å². The molecule has 2 unspecified atom stereocenters. The van der Waals surface area contributed by atoms with E-state index in [0.717, 1.165) is 10.9 Å². The van der Waals surface area contributed by atoms with Gasteiger partial charge in [-0.1, -0.05) is 18.2 Å². The summed E-state index contributed by atoms with van der Waals surface area (Å²) in [7, 11) is 0. The quantitative estimate of drug-likeness (QED) is 0.782. The maximum atomic E-state index is 11.6. The summed E-state index contributed by atoms with van der Waals surface area (Å²) in [4.78, 5) is 15.8. The molecule has 24 heavy (non-hydrogen) atoms. The second kappa shape index (κ2) is 7.59. The number of hydrogen-bond donors (Lipinski definition) is 3. The van der Waals surface area contributed by atoms with Crippen molar-refractivity contribution in [3.05, 3.63) is 42.1 Å².